The zero-order chi connectivity index (χ0) is 19.2. The van der Waals surface area contributed by atoms with Gasteiger partial charge in [0.1, 0.15) is 0 Å². The number of nitrogens with zero attached hydrogens (tertiary/aromatic N) is 1. The van der Waals surface area contributed by atoms with Crippen LogP contribution in [0.2, 0.25) is 0 Å². The maximum atomic E-state index is 11.2. The lowest BCUT2D eigenvalue weighted by Crippen LogP contribution is -2.38. The number of rotatable bonds is 5. The summed E-state index contributed by atoms with van der Waals surface area (Å²) in [7, 11) is 1.43. The van der Waals surface area contributed by atoms with E-state index in [0.717, 1.165) is 17.7 Å². The Kier molecular flexibility index (Phi) is 7.31. The van der Waals surface area contributed by atoms with Crippen LogP contribution in [0.3, 0.4) is 0 Å². The Morgan fingerprint density at radius 3 is 2.12 bits per heavy atom. The highest BCUT2D eigenvalue weighted by atomic mass is 16.5. The topological polar surface area (TPSA) is 126 Å². The van der Waals surface area contributed by atoms with Gasteiger partial charge in [-0.25, -0.2) is 9.59 Å². The fourth-order valence-corrected chi connectivity index (χ4v) is 1.84. The molecule has 10 heteroatoms. The van der Waals surface area contributed by atoms with Crippen LogP contribution in [0.4, 0.5) is 9.59 Å². The second-order valence-corrected chi connectivity index (χ2v) is 6.52. The van der Waals surface area contributed by atoms with Gasteiger partial charge in [0, 0.05) is 13.7 Å². The van der Waals surface area contributed by atoms with Gasteiger partial charge in [0.2, 0.25) is 12.5 Å². The van der Waals surface area contributed by atoms with Crippen molar-refractivity contribution in [3.05, 3.63) is 0 Å². The number of imide groups is 2. The van der Waals surface area contributed by atoms with Gasteiger partial charge in [0.15, 0.2) is 0 Å². The van der Waals surface area contributed by atoms with Crippen LogP contribution in [-0.4, -0.2) is 60.5 Å². The van der Waals surface area contributed by atoms with E-state index in [1.54, 1.807) is 0 Å². The summed E-state index contributed by atoms with van der Waals surface area (Å²) >= 11 is 0. The monoisotopic (exact) mass is 358 g/mol. The summed E-state index contributed by atoms with van der Waals surface area (Å²) in [6, 6.07) is -0.902. The molecule has 25 heavy (non-hydrogen) atoms. The van der Waals surface area contributed by atoms with E-state index in [1.165, 1.54) is 7.05 Å². The zero-order valence-electron chi connectivity index (χ0n) is 15.2. The molecule has 0 aromatic carbocycles. The molecule has 10 nitrogen and oxygen atoms in total. The number of hydrogen-bond donors (Lipinski definition) is 3. The first-order chi connectivity index (χ1) is 11.5. The molecule has 2 rings (SSSR count). The molecule has 0 bridgehead atoms. The molecule has 6 amide bonds. The number of urea groups is 2. The van der Waals surface area contributed by atoms with E-state index >= 15 is 0 Å². The van der Waals surface area contributed by atoms with Crippen molar-refractivity contribution in [2.24, 2.45) is 0 Å². The molecule has 2 saturated heterocycles. The van der Waals surface area contributed by atoms with Gasteiger partial charge >= 0.3 is 12.1 Å². The smallest absolute Gasteiger partial charge is 0.326 e. The predicted molar refractivity (Wildman–Crippen MR) is 87.3 cm³/mol. The van der Waals surface area contributed by atoms with Crippen molar-refractivity contribution in [1.82, 2.24) is 20.9 Å². The summed E-state index contributed by atoms with van der Waals surface area (Å²) in [5, 5.41) is 6.84. The minimum Gasteiger partial charge on any atom is -0.349 e. The first-order valence-electron chi connectivity index (χ1n) is 8.04. The molecule has 0 spiro atoms. The fraction of sp³-hybridized carbons (Fsp3) is 0.733. The largest absolute Gasteiger partial charge is 0.349 e. The summed E-state index contributed by atoms with van der Waals surface area (Å²) in [5.41, 5.74) is -0.445. The molecule has 0 aliphatic carbocycles. The van der Waals surface area contributed by atoms with Gasteiger partial charge in [-0.15, -0.1) is 0 Å². The molecule has 3 N–H and O–H groups in total. The van der Waals surface area contributed by atoms with Crippen LogP contribution in [0.1, 0.15) is 40.5 Å². The van der Waals surface area contributed by atoms with E-state index in [9.17, 15) is 19.2 Å². The summed E-state index contributed by atoms with van der Waals surface area (Å²) < 4.78 is 10.4. The summed E-state index contributed by atoms with van der Waals surface area (Å²) in [6.07, 6.45) is 0.273. The van der Waals surface area contributed by atoms with Crippen LogP contribution in [0.15, 0.2) is 0 Å². The van der Waals surface area contributed by atoms with Gasteiger partial charge in [0.25, 0.3) is 11.8 Å². The summed E-state index contributed by atoms with van der Waals surface area (Å²) in [6.45, 7) is 7.96. The van der Waals surface area contributed by atoms with Gasteiger partial charge in [-0.05, 0) is 27.2 Å². The lowest BCUT2D eigenvalue weighted by atomic mass is 10.2. The minimum atomic E-state index is -0.850. The third-order valence-electron chi connectivity index (χ3n) is 3.10. The number of ether oxygens (including phenoxy) is 2. The van der Waals surface area contributed by atoms with Crippen molar-refractivity contribution in [2.45, 2.75) is 58.6 Å². The van der Waals surface area contributed by atoms with Crippen molar-refractivity contribution in [2.75, 3.05) is 13.7 Å². The minimum absolute atomic E-state index is 0.318. The van der Waals surface area contributed by atoms with E-state index < -0.39 is 36.0 Å². The SMILES string of the molecule is CC(C)(C)OC1NC(=O)NC1=O.CCCCOC1NC(=O)N(C)C1=O. The number of nitrogens with one attached hydrogen (secondary N) is 3. The van der Waals surface area contributed by atoms with Crippen molar-refractivity contribution < 1.29 is 28.7 Å². The summed E-state index contributed by atoms with van der Waals surface area (Å²) in [4.78, 5) is 44.8. The molecular formula is C15H26N4O6. The van der Waals surface area contributed by atoms with E-state index in [0.29, 0.717) is 6.61 Å². The highest BCUT2D eigenvalue weighted by Gasteiger charge is 2.36. The Bertz CT molecular complexity index is 531. The van der Waals surface area contributed by atoms with Gasteiger partial charge in [-0.1, -0.05) is 13.3 Å². The van der Waals surface area contributed by atoms with Gasteiger partial charge in [0.05, 0.1) is 5.60 Å². The Balaban J connectivity index is 0.000000251. The van der Waals surface area contributed by atoms with Gasteiger partial charge < -0.3 is 20.1 Å². The standard InChI is InChI=1S/C8H14N2O3.C7H12N2O3/c1-3-4-5-13-6-7(11)10(2)8(12)9-6;1-7(2,3)12-5-4(10)8-6(11)9-5/h6H,3-5H2,1-2H3,(H,9,12);5H,1-3H3,(H2,8,9,10,11). The Morgan fingerprint density at radius 1 is 1.08 bits per heavy atom. The number of unbranched alkanes of at least 4 members (excludes halogenated alkanes) is 1. The molecular weight excluding hydrogens is 332 g/mol. The Hall–Kier alpha value is -2.20. The molecule has 2 heterocycles. The highest BCUT2D eigenvalue weighted by Crippen LogP contribution is 2.11. The first-order valence-corrected chi connectivity index (χ1v) is 8.04. The lowest BCUT2D eigenvalue weighted by molar-refractivity contribution is -0.139. The number of carbonyl (C=O) groups excluding carboxylic acids is 4. The average molecular weight is 358 g/mol. The van der Waals surface area contributed by atoms with Gasteiger partial charge in [-0.3, -0.25) is 19.8 Å². The normalized spacial score (nSPS) is 23.0. The highest BCUT2D eigenvalue weighted by molar-refractivity contribution is 6.03. The van der Waals surface area contributed by atoms with Crippen LogP contribution in [0.5, 0.6) is 0 Å². The van der Waals surface area contributed by atoms with Crippen molar-refractivity contribution in [1.29, 1.82) is 0 Å². The quantitative estimate of drug-likeness (QED) is 0.479. The molecule has 2 aliphatic heterocycles. The third-order valence-corrected chi connectivity index (χ3v) is 3.10. The predicted octanol–water partition coefficient (Wildman–Crippen LogP) is 0.278. The number of amides is 6. The van der Waals surface area contributed by atoms with E-state index in [1.807, 2.05) is 27.7 Å². The first kappa shape index (κ1) is 20.8. The average Bonchev–Trinajstić information content (AvgIpc) is 2.92. The molecule has 2 aliphatic rings. The van der Waals surface area contributed by atoms with Crippen molar-refractivity contribution >= 4 is 23.9 Å². The Labute approximate surface area is 146 Å². The molecule has 2 fully saturated rings. The summed E-state index contributed by atoms with van der Waals surface area (Å²) in [5.74, 6) is -0.754. The van der Waals surface area contributed by atoms with Crippen molar-refractivity contribution in [3.63, 3.8) is 0 Å². The van der Waals surface area contributed by atoms with Crippen LogP contribution >= 0.6 is 0 Å². The van der Waals surface area contributed by atoms with Gasteiger partial charge in [-0.2, -0.15) is 0 Å². The number of carbonyl (C=O) groups is 4. The maximum Gasteiger partial charge on any atom is 0.326 e. The van der Waals surface area contributed by atoms with Crippen LogP contribution in [0.25, 0.3) is 0 Å². The molecule has 0 saturated carbocycles. The molecule has 2 atom stereocenters. The second-order valence-electron chi connectivity index (χ2n) is 6.52. The van der Waals surface area contributed by atoms with Crippen LogP contribution in [-0.2, 0) is 19.1 Å². The lowest BCUT2D eigenvalue weighted by Gasteiger charge is -2.22. The maximum absolute atomic E-state index is 11.2. The molecule has 0 aromatic rings. The second kappa shape index (κ2) is 8.77. The molecule has 0 radical (unpaired) electrons. The van der Waals surface area contributed by atoms with Crippen LogP contribution in [0, 0.1) is 0 Å². The van der Waals surface area contributed by atoms with E-state index in [4.69, 9.17) is 9.47 Å². The number of likely N-dealkylation sites (N-methyl/N-ethyl adjacent to an activating group) is 1. The molecule has 0 aromatic heterocycles. The molecule has 142 valence electrons. The van der Waals surface area contributed by atoms with Crippen LogP contribution < -0.4 is 16.0 Å². The fourth-order valence-electron chi connectivity index (χ4n) is 1.84. The zero-order valence-corrected chi connectivity index (χ0v) is 15.2. The third kappa shape index (κ3) is 6.67. The van der Waals surface area contributed by atoms with E-state index in [2.05, 4.69) is 16.0 Å². The number of hydrogen-bond acceptors (Lipinski definition) is 6. The van der Waals surface area contributed by atoms with E-state index in [-0.39, 0.29) is 5.91 Å². The van der Waals surface area contributed by atoms with Crippen molar-refractivity contribution in [3.8, 4) is 0 Å². The Morgan fingerprint density at radius 2 is 1.72 bits per heavy atom. The molecule has 2 unspecified atom stereocenters.